The zero-order valence-electron chi connectivity index (χ0n) is 14.2. The third-order valence-corrected chi connectivity index (χ3v) is 4.32. The lowest BCUT2D eigenvalue weighted by atomic mass is 10.0. The van der Waals surface area contributed by atoms with E-state index in [9.17, 15) is 10.2 Å². The lowest BCUT2D eigenvalue weighted by Gasteiger charge is -2.30. The van der Waals surface area contributed by atoms with Gasteiger partial charge in [-0.1, -0.05) is 19.9 Å². The number of aliphatic hydroxyl groups is 2. The Hall–Kier alpha value is -1.05. The van der Waals surface area contributed by atoms with Gasteiger partial charge in [0.25, 0.3) is 0 Å². The Bertz CT molecular complexity index is 458. The summed E-state index contributed by atoms with van der Waals surface area (Å²) in [6.45, 7) is 5.43. The summed E-state index contributed by atoms with van der Waals surface area (Å²) in [5.74, 6) is 0. The van der Waals surface area contributed by atoms with E-state index in [1.807, 2.05) is 25.2 Å². The molecule has 0 saturated carbocycles. The van der Waals surface area contributed by atoms with E-state index >= 15 is 0 Å². The van der Waals surface area contributed by atoms with Crippen LogP contribution >= 0.6 is 0 Å². The number of nitrogens with zero attached hydrogens (tertiary/aromatic N) is 2. The Morgan fingerprint density at radius 1 is 1.35 bits per heavy atom. The maximum Gasteiger partial charge on any atom is 0.109 e. The molecule has 1 saturated heterocycles. The summed E-state index contributed by atoms with van der Waals surface area (Å²) in [7, 11) is 1.99. The van der Waals surface area contributed by atoms with Gasteiger partial charge >= 0.3 is 0 Å². The predicted molar refractivity (Wildman–Crippen MR) is 89.3 cm³/mol. The van der Waals surface area contributed by atoms with Crippen molar-refractivity contribution in [1.29, 1.82) is 0 Å². The fourth-order valence-electron chi connectivity index (χ4n) is 3.03. The minimum absolute atomic E-state index is 0.137. The second kappa shape index (κ2) is 8.70. The first kappa shape index (κ1) is 18.3. The largest absolute Gasteiger partial charge is 0.394 e. The highest BCUT2D eigenvalue weighted by Gasteiger charge is 2.44. The molecule has 0 bridgehead atoms. The van der Waals surface area contributed by atoms with Crippen molar-refractivity contribution in [2.45, 2.75) is 50.7 Å². The third-order valence-electron chi connectivity index (χ3n) is 4.32. The summed E-state index contributed by atoms with van der Waals surface area (Å²) >= 11 is 0. The normalized spacial score (nSPS) is 28.0. The lowest BCUT2D eigenvalue weighted by Crippen LogP contribution is -2.50. The lowest BCUT2D eigenvalue weighted by molar-refractivity contribution is -0.0216. The molecule has 4 atom stereocenters. The summed E-state index contributed by atoms with van der Waals surface area (Å²) < 4.78 is 5.84. The topological polar surface area (TPSA) is 77.8 Å². The summed E-state index contributed by atoms with van der Waals surface area (Å²) in [6, 6.07) is 6.10. The number of nitrogens with one attached hydrogen (secondary N) is 1. The first-order valence-electron chi connectivity index (χ1n) is 8.30. The van der Waals surface area contributed by atoms with Gasteiger partial charge in [-0.2, -0.15) is 0 Å². The first-order valence-corrected chi connectivity index (χ1v) is 8.30. The van der Waals surface area contributed by atoms with Gasteiger partial charge < -0.3 is 20.3 Å². The monoisotopic (exact) mass is 323 g/mol. The van der Waals surface area contributed by atoms with Gasteiger partial charge in [-0.25, -0.2) is 0 Å². The Kier molecular flexibility index (Phi) is 6.92. The number of aromatic nitrogens is 1. The molecule has 0 amide bonds. The Balaban J connectivity index is 1.96. The summed E-state index contributed by atoms with van der Waals surface area (Å²) in [6.07, 6.45) is 1.26. The molecule has 0 aromatic carbocycles. The van der Waals surface area contributed by atoms with Gasteiger partial charge in [0.05, 0.1) is 18.8 Å². The molecular formula is C17H29N3O3. The molecule has 1 aliphatic rings. The van der Waals surface area contributed by atoms with Gasteiger partial charge in [-0.3, -0.25) is 9.88 Å². The number of ether oxygens (including phenoxy) is 1. The van der Waals surface area contributed by atoms with Crippen molar-refractivity contribution in [3.63, 3.8) is 0 Å². The average molecular weight is 323 g/mol. The Morgan fingerprint density at radius 2 is 2.13 bits per heavy atom. The van der Waals surface area contributed by atoms with Gasteiger partial charge in [0.2, 0.25) is 0 Å². The summed E-state index contributed by atoms with van der Waals surface area (Å²) in [5.41, 5.74) is 1.03. The SMILES string of the molecule is CC(C)NC[C@H]1O[C@@H](CO)[C@@H](O)[C@H]1N(C)CCc1ccccn1. The van der Waals surface area contributed by atoms with Crippen molar-refractivity contribution >= 4 is 0 Å². The van der Waals surface area contributed by atoms with E-state index in [1.165, 1.54) is 0 Å². The van der Waals surface area contributed by atoms with Crippen molar-refractivity contribution in [1.82, 2.24) is 15.2 Å². The number of hydrogen-bond acceptors (Lipinski definition) is 6. The molecule has 0 unspecified atom stereocenters. The van der Waals surface area contributed by atoms with Crippen LogP contribution in [0.25, 0.3) is 0 Å². The highest BCUT2D eigenvalue weighted by molar-refractivity contribution is 5.04. The van der Waals surface area contributed by atoms with E-state index in [2.05, 4.69) is 29.0 Å². The molecule has 130 valence electrons. The van der Waals surface area contributed by atoms with Gasteiger partial charge in [-0.05, 0) is 19.2 Å². The maximum absolute atomic E-state index is 10.5. The average Bonchev–Trinajstić information content (AvgIpc) is 2.87. The van der Waals surface area contributed by atoms with Crippen molar-refractivity contribution in [3.8, 4) is 0 Å². The predicted octanol–water partition coefficient (Wildman–Crippen LogP) is 0.0431. The molecule has 0 aliphatic carbocycles. The number of hydrogen-bond donors (Lipinski definition) is 3. The summed E-state index contributed by atoms with van der Waals surface area (Å²) in [5, 5.41) is 23.2. The van der Waals surface area contributed by atoms with Gasteiger partial charge in [0.15, 0.2) is 0 Å². The highest BCUT2D eigenvalue weighted by Crippen LogP contribution is 2.25. The minimum atomic E-state index is -0.687. The summed E-state index contributed by atoms with van der Waals surface area (Å²) in [4.78, 5) is 6.45. The van der Waals surface area contributed by atoms with E-state index in [4.69, 9.17) is 4.74 Å². The van der Waals surface area contributed by atoms with Crippen molar-refractivity contribution < 1.29 is 14.9 Å². The molecule has 1 aliphatic heterocycles. The van der Waals surface area contributed by atoms with E-state index in [1.54, 1.807) is 6.20 Å². The molecule has 0 spiro atoms. The molecule has 0 radical (unpaired) electrons. The number of likely N-dealkylation sites (N-methyl/N-ethyl adjacent to an activating group) is 1. The van der Waals surface area contributed by atoms with Crippen LogP contribution in [0.15, 0.2) is 24.4 Å². The Labute approximate surface area is 138 Å². The molecule has 6 nitrogen and oxygen atoms in total. The standard InChI is InChI=1S/C17H29N3O3/c1-12(2)19-10-14-16(17(22)15(11-21)23-14)20(3)9-7-13-6-4-5-8-18-13/h4-6,8,12,14-17,19,21-22H,7,9-11H2,1-3H3/t14-,15+,16+,17-/m1/s1. The number of pyridine rings is 1. The molecule has 23 heavy (non-hydrogen) atoms. The van der Waals surface area contributed by atoms with Crippen molar-refractivity contribution in [2.24, 2.45) is 0 Å². The van der Waals surface area contributed by atoms with E-state index < -0.39 is 12.2 Å². The minimum Gasteiger partial charge on any atom is -0.394 e. The molecule has 6 heteroatoms. The van der Waals surface area contributed by atoms with Crippen LogP contribution in [0, 0.1) is 0 Å². The molecule has 3 N–H and O–H groups in total. The van der Waals surface area contributed by atoms with Crippen LogP contribution in [0.5, 0.6) is 0 Å². The van der Waals surface area contributed by atoms with Crippen LogP contribution in [0.3, 0.4) is 0 Å². The van der Waals surface area contributed by atoms with Crippen LogP contribution in [-0.2, 0) is 11.2 Å². The fourth-order valence-corrected chi connectivity index (χ4v) is 3.03. The second-order valence-corrected chi connectivity index (χ2v) is 6.49. The molecule has 1 fully saturated rings. The molecule has 2 rings (SSSR count). The zero-order chi connectivity index (χ0) is 16.8. The van der Waals surface area contributed by atoms with Gasteiger partial charge in [0, 0.05) is 37.4 Å². The Morgan fingerprint density at radius 3 is 2.74 bits per heavy atom. The smallest absolute Gasteiger partial charge is 0.109 e. The first-order chi connectivity index (χ1) is 11.0. The van der Waals surface area contributed by atoms with E-state index in [-0.39, 0.29) is 18.8 Å². The van der Waals surface area contributed by atoms with Crippen molar-refractivity contribution in [3.05, 3.63) is 30.1 Å². The van der Waals surface area contributed by atoms with Crippen LogP contribution < -0.4 is 5.32 Å². The zero-order valence-corrected chi connectivity index (χ0v) is 14.2. The van der Waals surface area contributed by atoms with Crippen LogP contribution in [0.2, 0.25) is 0 Å². The maximum atomic E-state index is 10.5. The van der Waals surface area contributed by atoms with Crippen molar-refractivity contribution in [2.75, 3.05) is 26.7 Å². The van der Waals surface area contributed by atoms with Crippen LogP contribution in [-0.4, -0.2) is 77.2 Å². The third kappa shape index (κ3) is 4.96. The van der Waals surface area contributed by atoms with Gasteiger partial charge in [0.1, 0.15) is 12.2 Å². The molecule has 1 aromatic rings. The second-order valence-electron chi connectivity index (χ2n) is 6.49. The van der Waals surface area contributed by atoms with E-state index in [0.29, 0.717) is 12.6 Å². The highest BCUT2D eigenvalue weighted by atomic mass is 16.5. The molecule has 2 heterocycles. The van der Waals surface area contributed by atoms with Crippen LogP contribution in [0.4, 0.5) is 0 Å². The van der Waals surface area contributed by atoms with Gasteiger partial charge in [-0.15, -0.1) is 0 Å². The fraction of sp³-hybridized carbons (Fsp3) is 0.706. The quantitative estimate of drug-likeness (QED) is 0.627. The van der Waals surface area contributed by atoms with Crippen LogP contribution in [0.1, 0.15) is 19.5 Å². The number of rotatable bonds is 8. The van der Waals surface area contributed by atoms with E-state index in [0.717, 1.165) is 18.7 Å². The molecule has 1 aromatic heterocycles. The number of aliphatic hydroxyl groups excluding tert-OH is 2. The molecular weight excluding hydrogens is 294 g/mol.